The van der Waals surface area contributed by atoms with Gasteiger partial charge in [0.25, 0.3) is 11.8 Å². The highest BCUT2D eigenvalue weighted by Crippen LogP contribution is 2.18. The van der Waals surface area contributed by atoms with E-state index < -0.39 is 6.04 Å². The molecule has 1 atom stereocenters. The number of aromatic amines is 1. The van der Waals surface area contributed by atoms with Crippen LogP contribution in [0.25, 0.3) is 0 Å². The summed E-state index contributed by atoms with van der Waals surface area (Å²) in [5.74, 6) is -0.136. The molecular formula is C24H21N5O3. The largest absolute Gasteiger partial charge is 0.487 e. The quantitative estimate of drug-likeness (QED) is 0.399. The SMILES string of the molecule is O=C(NC(C(=O)Nc1cn[nH]c1)c1ccccc1)c1ccc(OCc2ccccn2)cc1. The summed E-state index contributed by atoms with van der Waals surface area (Å²) in [5, 5.41) is 12.0. The average Bonchev–Trinajstić information content (AvgIpc) is 3.35. The Morgan fingerprint density at radius 2 is 1.75 bits per heavy atom. The van der Waals surface area contributed by atoms with Crippen LogP contribution in [0.1, 0.15) is 27.7 Å². The van der Waals surface area contributed by atoms with Gasteiger partial charge in [-0.25, -0.2) is 0 Å². The summed E-state index contributed by atoms with van der Waals surface area (Å²) in [7, 11) is 0. The number of hydrogen-bond donors (Lipinski definition) is 3. The first-order valence-corrected chi connectivity index (χ1v) is 9.97. The van der Waals surface area contributed by atoms with Crippen molar-refractivity contribution in [3.05, 3.63) is 108 Å². The van der Waals surface area contributed by atoms with Crippen LogP contribution >= 0.6 is 0 Å². The molecule has 4 rings (SSSR count). The lowest BCUT2D eigenvalue weighted by atomic mass is 10.1. The monoisotopic (exact) mass is 427 g/mol. The number of hydrogen-bond acceptors (Lipinski definition) is 5. The highest BCUT2D eigenvalue weighted by atomic mass is 16.5. The first kappa shape index (κ1) is 20.8. The van der Waals surface area contributed by atoms with E-state index in [2.05, 4.69) is 25.8 Å². The summed E-state index contributed by atoms with van der Waals surface area (Å²) < 4.78 is 5.71. The van der Waals surface area contributed by atoms with Crippen molar-refractivity contribution < 1.29 is 14.3 Å². The molecule has 2 heterocycles. The Morgan fingerprint density at radius 3 is 2.44 bits per heavy atom. The zero-order valence-electron chi connectivity index (χ0n) is 17.1. The lowest BCUT2D eigenvalue weighted by molar-refractivity contribution is -0.118. The minimum atomic E-state index is -0.876. The second-order valence-corrected chi connectivity index (χ2v) is 6.93. The van der Waals surface area contributed by atoms with E-state index in [0.717, 1.165) is 5.69 Å². The van der Waals surface area contributed by atoms with Crippen molar-refractivity contribution >= 4 is 17.5 Å². The van der Waals surface area contributed by atoms with Crippen molar-refractivity contribution in [2.45, 2.75) is 12.6 Å². The number of ether oxygens (including phenoxy) is 1. The summed E-state index contributed by atoms with van der Waals surface area (Å²) >= 11 is 0. The summed E-state index contributed by atoms with van der Waals surface area (Å²) in [6, 6.07) is 20.5. The van der Waals surface area contributed by atoms with Gasteiger partial charge in [0.1, 0.15) is 18.4 Å². The number of nitrogens with zero attached hydrogens (tertiary/aromatic N) is 2. The zero-order valence-corrected chi connectivity index (χ0v) is 17.1. The first-order chi connectivity index (χ1) is 15.7. The fourth-order valence-corrected chi connectivity index (χ4v) is 3.04. The predicted octanol–water partition coefficient (Wildman–Crippen LogP) is 3.49. The lowest BCUT2D eigenvalue weighted by Crippen LogP contribution is -2.37. The number of carbonyl (C=O) groups excluding carboxylic acids is 2. The van der Waals surface area contributed by atoms with Crippen LogP contribution in [0.4, 0.5) is 5.69 Å². The molecule has 0 saturated heterocycles. The summed E-state index contributed by atoms with van der Waals surface area (Å²) in [6.07, 6.45) is 4.76. The molecule has 0 saturated carbocycles. The molecule has 2 aromatic carbocycles. The smallest absolute Gasteiger partial charge is 0.252 e. The number of aromatic nitrogens is 3. The van der Waals surface area contributed by atoms with Gasteiger partial charge < -0.3 is 15.4 Å². The number of benzene rings is 2. The number of H-pyrrole nitrogens is 1. The van der Waals surface area contributed by atoms with Crippen molar-refractivity contribution in [1.29, 1.82) is 0 Å². The number of carbonyl (C=O) groups is 2. The number of rotatable bonds is 8. The molecule has 0 fully saturated rings. The second-order valence-electron chi connectivity index (χ2n) is 6.93. The van der Waals surface area contributed by atoms with Crippen molar-refractivity contribution in [3.63, 3.8) is 0 Å². The topological polar surface area (TPSA) is 109 Å². The van der Waals surface area contributed by atoms with E-state index >= 15 is 0 Å². The highest BCUT2D eigenvalue weighted by molar-refractivity contribution is 6.01. The highest BCUT2D eigenvalue weighted by Gasteiger charge is 2.23. The molecule has 32 heavy (non-hydrogen) atoms. The van der Waals surface area contributed by atoms with Crippen LogP contribution in [0.5, 0.6) is 5.75 Å². The van der Waals surface area contributed by atoms with Crippen molar-refractivity contribution in [3.8, 4) is 5.75 Å². The third kappa shape index (κ3) is 5.37. The van der Waals surface area contributed by atoms with Crippen LogP contribution in [0.15, 0.2) is 91.4 Å². The maximum atomic E-state index is 12.9. The van der Waals surface area contributed by atoms with E-state index in [1.54, 1.807) is 48.8 Å². The third-order valence-corrected chi connectivity index (χ3v) is 4.67. The Kier molecular flexibility index (Phi) is 6.52. The summed E-state index contributed by atoms with van der Waals surface area (Å²) in [5.41, 5.74) is 2.40. The summed E-state index contributed by atoms with van der Waals surface area (Å²) in [4.78, 5) is 29.9. The van der Waals surface area contributed by atoms with Crippen LogP contribution in [0, 0.1) is 0 Å². The number of amides is 2. The molecule has 1 unspecified atom stereocenters. The molecule has 0 radical (unpaired) electrons. The molecule has 160 valence electrons. The molecule has 3 N–H and O–H groups in total. The van der Waals surface area contributed by atoms with Gasteiger partial charge in [-0.15, -0.1) is 0 Å². The van der Waals surface area contributed by atoms with Gasteiger partial charge >= 0.3 is 0 Å². The first-order valence-electron chi connectivity index (χ1n) is 9.97. The Bertz CT molecular complexity index is 1150. The second kappa shape index (κ2) is 10.0. The molecule has 2 aromatic heterocycles. The number of anilines is 1. The van der Waals surface area contributed by atoms with E-state index in [-0.39, 0.29) is 11.8 Å². The Hall–Kier alpha value is -4.46. The van der Waals surface area contributed by atoms with Crippen LogP contribution < -0.4 is 15.4 Å². The van der Waals surface area contributed by atoms with Gasteiger partial charge in [-0.1, -0.05) is 36.4 Å². The minimum Gasteiger partial charge on any atom is -0.487 e. The molecular weight excluding hydrogens is 406 g/mol. The fourth-order valence-electron chi connectivity index (χ4n) is 3.04. The molecule has 0 spiro atoms. The van der Waals surface area contributed by atoms with Gasteiger partial charge in [-0.3, -0.25) is 19.7 Å². The van der Waals surface area contributed by atoms with Crippen molar-refractivity contribution in [2.75, 3.05) is 5.32 Å². The van der Waals surface area contributed by atoms with Gasteiger partial charge in [0.15, 0.2) is 0 Å². The van der Waals surface area contributed by atoms with Crippen molar-refractivity contribution in [2.24, 2.45) is 0 Å². The molecule has 0 aliphatic carbocycles. The zero-order chi connectivity index (χ0) is 22.2. The predicted molar refractivity (Wildman–Crippen MR) is 119 cm³/mol. The minimum absolute atomic E-state index is 0.330. The van der Waals surface area contributed by atoms with Crippen LogP contribution in [0.2, 0.25) is 0 Å². The van der Waals surface area contributed by atoms with Crippen LogP contribution in [-0.2, 0) is 11.4 Å². The molecule has 0 bridgehead atoms. The third-order valence-electron chi connectivity index (χ3n) is 4.67. The lowest BCUT2D eigenvalue weighted by Gasteiger charge is -2.18. The van der Waals surface area contributed by atoms with Gasteiger partial charge in [0.05, 0.1) is 17.6 Å². The maximum Gasteiger partial charge on any atom is 0.252 e. The maximum absolute atomic E-state index is 12.9. The van der Waals surface area contributed by atoms with Crippen molar-refractivity contribution in [1.82, 2.24) is 20.5 Å². The van der Waals surface area contributed by atoms with Crippen LogP contribution in [-0.4, -0.2) is 27.0 Å². The van der Waals surface area contributed by atoms with Gasteiger partial charge in [-0.05, 0) is 42.0 Å². The Balaban J connectivity index is 1.43. The van der Waals surface area contributed by atoms with Gasteiger partial charge in [0.2, 0.25) is 0 Å². The Morgan fingerprint density at radius 1 is 0.969 bits per heavy atom. The van der Waals surface area contributed by atoms with Gasteiger partial charge in [0, 0.05) is 18.0 Å². The normalized spacial score (nSPS) is 11.4. The molecule has 4 aromatic rings. The molecule has 0 aliphatic heterocycles. The molecule has 8 heteroatoms. The molecule has 2 amide bonds. The number of nitrogens with one attached hydrogen (secondary N) is 3. The van der Waals surface area contributed by atoms with E-state index in [1.165, 1.54) is 6.20 Å². The van der Waals surface area contributed by atoms with Gasteiger partial charge in [-0.2, -0.15) is 5.10 Å². The van der Waals surface area contributed by atoms with E-state index in [4.69, 9.17) is 4.74 Å². The fraction of sp³-hybridized carbons (Fsp3) is 0.0833. The van der Waals surface area contributed by atoms with E-state index in [1.807, 2.05) is 36.4 Å². The van der Waals surface area contributed by atoms with E-state index in [9.17, 15) is 9.59 Å². The average molecular weight is 427 g/mol. The number of pyridine rings is 1. The Labute approximate surface area is 184 Å². The molecule has 0 aliphatic rings. The van der Waals surface area contributed by atoms with Crippen LogP contribution in [0.3, 0.4) is 0 Å². The summed E-state index contributed by atoms with van der Waals surface area (Å²) in [6.45, 7) is 0.330. The van der Waals surface area contributed by atoms with E-state index in [0.29, 0.717) is 29.2 Å². The molecule has 8 nitrogen and oxygen atoms in total. The standard InChI is InChI=1S/C24H21N5O3/c30-23(18-9-11-21(12-10-18)32-16-19-8-4-5-13-25-19)29-22(17-6-2-1-3-7-17)24(31)28-20-14-26-27-15-20/h1-15,22H,16H2,(H,26,27)(H,28,31)(H,29,30).